The first kappa shape index (κ1) is 19.4. The molecule has 7 heteroatoms. The number of rotatable bonds is 6. The number of aliphatic hydroxyl groups excluding tert-OH is 1. The first-order valence-corrected chi connectivity index (χ1v) is 7.33. The van der Waals surface area contributed by atoms with E-state index < -0.39 is 24.0 Å². The van der Waals surface area contributed by atoms with Gasteiger partial charge in [0.05, 0.1) is 23.8 Å². The molecule has 0 fully saturated rings. The minimum absolute atomic E-state index is 0.0309. The third-order valence-electron chi connectivity index (χ3n) is 2.91. The Morgan fingerprint density at radius 2 is 1.88 bits per heavy atom. The van der Waals surface area contributed by atoms with Crippen molar-refractivity contribution in [2.75, 3.05) is 6.61 Å². The van der Waals surface area contributed by atoms with Crippen molar-refractivity contribution >= 4 is 17.9 Å². The lowest BCUT2D eigenvalue weighted by atomic mass is 9.97. The predicted octanol–water partition coefficient (Wildman–Crippen LogP) is 1.98. The third kappa shape index (κ3) is 5.20. The summed E-state index contributed by atoms with van der Waals surface area (Å²) in [6.45, 7) is 8.04. The Hall–Kier alpha value is -2.67. The maximum atomic E-state index is 12.2. The summed E-state index contributed by atoms with van der Waals surface area (Å²) in [5.74, 6) is -2.66. The molecular weight excluding hydrogens is 316 g/mol. The van der Waals surface area contributed by atoms with Crippen LogP contribution in [-0.2, 0) is 25.7 Å². The molecule has 24 heavy (non-hydrogen) atoms. The molecule has 7 nitrogen and oxygen atoms in total. The Balaban J connectivity index is 3.16. The van der Waals surface area contributed by atoms with Crippen LogP contribution >= 0.6 is 0 Å². The average Bonchev–Trinajstić information content (AvgIpc) is 2.51. The Morgan fingerprint density at radius 1 is 1.21 bits per heavy atom. The fourth-order valence-corrected chi connectivity index (χ4v) is 1.89. The molecule has 1 aromatic carbocycles. The van der Waals surface area contributed by atoms with Crippen LogP contribution in [0, 0.1) is 0 Å². The monoisotopic (exact) mass is 336 g/mol. The van der Waals surface area contributed by atoms with Crippen molar-refractivity contribution in [1.82, 2.24) is 0 Å². The Labute approximate surface area is 139 Å². The summed E-state index contributed by atoms with van der Waals surface area (Å²) in [6.07, 6.45) is -0.591. The summed E-state index contributed by atoms with van der Waals surface area (Å²) >= 11 is 0. The van der Waals surface area contributed by atoms with Gasteiger partial charge in [0.1, 0.15) is 0 Å². The van der Waals surface area contributed by atoms with Gasteiger partial charge in [0.2, 0.25) is 0 Å². The molecule has 130 valence electrons. The van der Waals surface area contributed by atoms with E-state index in [0.717, 1.165) is 0 Å². The Kier molecular flexibility index (Phi) is 7.13. The van der Waals surface area contributed by atoms with Gasteiger partial charge in [0, 0.05) is 5.57 Å². The molecule has 1 rings (SSSR count). The molecule has 0 heterocycles. The van der Waals surface area contributed by atoms with Crippen molar-refractivity contribution in [3.63, 3.8) is 0 Å². The van der Waals surface area contributed by atoms with Gasteiger partial charge in [-0.25, -0.2) is 24.2 Å². The van der Waals surface area contributed by atoms with Gasteiger partial charge in [-0.1, -0.05) is 18.7 Å². The molecule has 0 aromatic heterocycles. The lowest BCUT2D eigenvalue weighted by Crippen LogP contribution is -2.19. The lowest BCUT2D eigenvalue weighted by Gasteiger charge is -2.13. The molecule has 0 amide bonds. The van der Waals surface area contributed by atoms with Gasteiger partial charge in [-0.3, -0.25) is 0 Å². The van der Waals surface area contributed by atoms with Gasteiger partial charge in [0.25, 0.3) is 0 Å². The van der Waals surface area contributed by atoms with E-state index >= 15 is 0 Å². The summed E-state index contributed by atoms with van der Waals surface area (Å²) in [5, 5.41) is 9.56. The Bertz CT molecular complexity index is 646. The fraction of sp³-hybridized carbons (Fsp3) is 0.353. The molecule has 1 atom stereocenters. The van der Waals surface area contributed by atoms with Crippen molar-refractivity contribution < 1.29 is 34.0 Å². The molecule has 0 aliphatic carbocycles. The molecule has 1 aromatic rings. The van der Waals surface area contributed by atoms with E-state index in [1.54, 1.807) is 19.9 Å². The van der Waals surface area contributed by atoms with E-state index in [0.29, 0.717) is 5.56 Å². The second-order valence-electron chi connectivity index (χ2n) is 5.14. The lowest BCUT2D eigenvalue weighted by molar-refractivity contribution is -0.229. The summed E-state index contributed by atoms with van der Waals surface area (Å²) in [4.78, 5) is 44.4. The van der Waals surface area contributed by atoms with Crippen molar-refractivity contribution in [2.45, 2.75) is 33.3 Å². The number of hydrogen-bond donors (Lipinski definition) is 1. The minimum atomic E-state index is -1.03. The molecule has 0 saturated carbocycles. The van der Waals surface area contributed by atoms with Gasteiger partial charge in [0.15, 0.2) is 0 Å². The summed E-state index contributed by atoms with van der Waals surface area (Å²) in [5.41, 5.74) is 0.318. The SMILES string of the molecule is C=C(C)C(=O)OOC(=O)c1cccc(CC(C)O)c1C(=O)OCC. The second-order valence-corrected chi connectivity index (χ2v) is 5.14. The molecule has 0 spiro atoms. The van der Waals surface area contributed by atoms with E-state index in [1.807, 2.05) is 0 Å². The summed E-state index contributed by atoms with van der Waals surface area (Å²) < 4.78 is 4.95. The van der Waals surface area contributed by atoms with Gasteiger partial charge in [-0.2, -0.15) is 0 Å². The van der Waals surface area contributed by atoms with Crippen LogP contribution in [0.2, 0.25) is 0 Å². The van der Waals surface area contributed by atoms with Crippen molar-refractivity contribution in [3.05, 3.63) is 47.0 Å². The van der Waals surface area contributed by atoms with Crippen LogP contribution in [0.15, 0.2) is 30.4 Å². The number of esters is 1. The number of aliphatic hydroxyl groups is 1. The normalized spacial score (nSPS) is 11.3. The van der Waals surface area contributed by atoms with Gasteiger partial charge in [-0.15, -0.1) is 0 Å². The predicted molar refractivity (Wildman–Crippen MR) is 84.1 cm³/mol. The summed E-state index contributed by atoms with van der Waals surface area (Å²) in [6, 6.07) is 4.46. The number of carbonyl (C=O) groups excluding carboxylic acids is 3. The van der Waals surface area contributed by atoms with E-state index in [4.69, 9.17) is 4.74 Å². The van der Waals surface area contributed by atoms with Crippen LogP contribution in [0.5, 0.6) is 0 Å². The highest BCUT2D eigenvalue weighted by atomic mass is 17.2. The van der Waals surface area contributed by atoms with Crippen LogP contribution in [0.4, 0.5) is 0 Å². The highest BCUT2D eigenvalue weighted by Crippen LogP contribution is 2.20. The second kappa shape index (κ2) is 8.83. The molecule has 1 unspecified atom stereocenters. The number of carbonyl (C=O) groups is 3. The standard InChI is InChI=1S/C17H20O7/c1-5-22-17(21)14-12(9-11(4)18)7-6-8-13(14)16(20)24-23-15(19)10(2)3/h6-8,11,18H,2,5,9H2,1,3-4H3. The topological polar surface area (TPSA) is 99.1 Å². The average molecular weight is 336 g/mol. The summed E-state index contributed by atoms with van der Waals surface area (Å²) in [7, 11) is 0. The van der Waals surface area contributed by atoms with Crippen LogP contribution < -0.4 is 0 Å². The van der Waals surface area contributed by atoms with E-state index in [9.17, 15) is 19.5 Å². The third-order valence-corrected chi connectivity index (χ3v) is 2.91. The molecule has 0 aliphatic heterocycles. The van der Waals surface area contributed by atoms with Gasteiger partial charge in [-0.05, 0) is 38.8 Å². The van der Waals surface area contributed by atoms with Gasteiger partial charge < -0.3 is 9.84 Å². The number of hydrogen-bond acceptors (Lipinski definition) is 7. The molecule has 1 N–H and O–H groups in total. The van der Waals surface area contributed by atoms with Crippen LogP contribution in [-0.4, -0.2) is 35.7 Å². The van der Waals surface area contributed by atoms with Crippen molar-refractivity contribution in [3.8, 4) is 0 Å². The van der Waals surface area contributed by atoms with Crippen molar-refractivity contribution in [2.24, 2.45) is 0 Å². The van der Waals surface area contributed by atoms with Crippen LogP contribution in [0.25, 0.3) is 0 Å². The van der Waals surface area contributed by atoms with Crippen LogP contribution in [0.1, 0.15) is 47.1 Å². The quantitative estimate of drug-likeness (QED) is 0.367. The smallest absolute Gasteiger partial charge is 0.387 e. The number of benzene rings is 1. The fourth-order valence-electron chi connectivity index (χ4n) is 1.89. The maximum Gasteiger partial charge on any atom is 0.387 e. The first-order chi connectivity index (χ1) is 11.3. The first-order valence-electron chi connectivity index (χ1n) is 7.33. The van der Waals surface area contributed by atoms with E-state index in [-0.39, 0.29) is 29.7 Å². The molecular formula is C17H20O7. The van der Waals surface area contributed by atoms with E-state index in [2.05, 4.69) is 16.4 Å². The largest absolute Gasteiger partial charge is 0.462 e. The molecule has 0 aliphatic rings. The highest BCUT2D eigenvalue weighted by molar-refractivity contribution is 6.04. The zero-order chi connectivity index (χ0) is 18.3. The van der Waals surface area contributed by atoms with Crippen molar-refractivity contribution in [1.29, 1.82) is 0 Å². The highest BCUT2D eigenvalue weighted by Gasteiger charge is 2.25. The maximum absolute atomic E-state index is 12.2. The molecule has 0 radical (unpaired) electrons. The zero-order valence-corrected chi connectivity index (χ0v) is 13.8. The van der Waals surface area contributed by atoms with Crippen LogP contribution in [0.3, 0.4) is 0 Å². The molecule has 0 bridgehead atoms. The number of ether oxygens (including phenoxy) is 1. The molecule has 0 saturated heterocycles. The van der Waals surface area contributed by atoms with E-state index in [1.165, 1.54) is 19.1 Å². The Morgan fingerprint density at radius 3 is 2.42 bits per heavy atom. The van der Waals surface area contributed by atoms with Gasteiger partial charge >= 0.3 is 17.9 Å². The zero-order valence-electron chi connectivity index (χ0n) is 13.8. The minimum Gasteiger partial charge on any atom is -0.462 e.